The number of allylic oxidation sites excluding steroid dienone is 2. The van der Waals surface area contributed by atoms with Crippen LogP contribution in [0, 0.1) is 5.41 Å². The summed E-state index contributed by atoms with van der Waals surface area (Å²) in [4.78, 5) is 27.0. The fourth-order valence-corrected chi connectivity index (χ4v) is 2.22. The molecule has 1 heterocycles. The first kappa shape index (κ1) is 13.0. The smallest absolute Gasteiger partial charge is 0.244 e. The summed E-state index contributed by atoms with van der Waals surface area (Å²) >= 11 is 0. The number of nitrogens with zero attached hydrogens (tertiary/aromatic N) is 1. The average molecular weight is 257 g/mol. The van der Waals surface area contributed by atoms with Crippen molar-refractivity contribution in [2.75, 3.05) is 0 Å². The SMILES string of the molecule is NC(=O)C1=CC=CC(Cc2ccncc2)(C(N)=O)C1. The predicted octanol–water partition coefficient (Wildman–Crippen LogP) is 0.467. The molecule has 1 unspecified atom stereocenters. The van der Waals surface area contributed by atoms with E-state index in [2.05, 4.69) is 4.98 Å². The van der Waals surface area contributed by atoms with Gasteiger partial charge in [-0.05, 0) is 30.5 Å². The number of carbonyl (C=O) groups excluding carboxylic acids is 2. The van der Waals surface area contributed by atoms with Crippen LogP contribution in [0.5, 0.6) is 0 Å². The van der Waals surface area contributed by atoms with Crippen LogP contribution in [0.25, 0.3) is 0 Å². The predicted molar refractivity (Wildman–Crippen MR) is 70.6 cm³/mol. The third-order valence-electron chi connectivity index (χ3n) is 3.29. The number of aromatic nitrogens is 1. The zero-order chi connectivity index (χ0) is 13.9. The molecule has 0 saturated carbocycles. The molecular formula is C14H15N3O2. The maximum absolute atomic E-state index is 11.8. The van der Waals surface area contributed by atoms with Crippen LogP contribution in [0.15, 0.2) is 48.3 Å². The monoisotopic (exact) mass is 257 g/mol. The second-order valence-corrected chi connectivity index (χ2v) is 4.64. The highest BCUT2D eigenvalue weighted by Gasteiger charge is 2.37. The van der Waals surface area contributed by atoms with E-state index in [1.54, 1.807) is 30.6 Å². The van der Waals surface area contributed by atoms with Gasteiger partial charge in [-0.2, -0.15) is 0 Å². The molecule has 4 N–H and O–H groups in total. The zero-order valence-corrected chi connectivity index (χ0v) is 10.4. The van der Waals surface area contributed by atoms with E-state index in [0.717, 1.165) is 5.56 Å². The number of amides is 2. The van der Waals surface area contributed by atoms with Gasteiger partial charge in [0.15, 0.2) is 0 Å². The van der Waals surface area contributed by atoms with Crippen molar-refractivity contribution in [3.8, 4) is 0 Å². The van der Waals surface area contributed by atoms with Gasteiger partial charge >= 0.3 is 0 Å². The minimum absolute atomic E-state index is 0.233. The van der Waals surface area contributed by atoms with Gasteiger partial charge in [-0.1, -0.05) is 18.2 Å². The third-order valence-corrected chi connectivity index (χ3v) is 3.29. The van der Waals surface area contributed by atoms with E-state index in [0.29, 0.717) is 12.0 Å². The number of primary amides is 2. The summed E-state index contributed by atoms with van der Waals surface area (Å²) in [5.41, 5.74) is 11.3. The van der Waals surface area contributed by atoms with Crippen molar-refractivity contribution in [1.82, 2.24) is 4.98 Å². The van der Waals surface area contributed by atoms with E-state index in [4.69, 9.17) is 11.5 Å². The number of pyridine rings is 1. The van der Waals surface area contributed by atoms with Gasteiger partial charge in [0.05, 0.1) is 5.41 Å². The maximum atomic E-state index is 11.8. The van der Waals surface area contributed by atoms with E-state index >= 15 is 0 Å². The molecule has 0 saturated heterocycles. The van der Waals surface area contributed by atoms with Gasteiger partial charge < -0.3 is 11.5 Å². The van der Waals surface area contributed by atoms with Gasteiger partial charge in [-0.25, -0.2) is 0 Å². The van der Waals surface area contributed by atoms with E-state index in [9.17, 15) is 9.59 Å². The van der Waals surface area contributed by atoms with Crippen molar-refractivity contribution in [2.45, 2.75) is 12.8 Å². The fraction of sp³-hybridized carbons (Fsp3) is 0.214. The Kier molecular flexibility index (Phi) is 3.46. The largest absolute Gasteiger partial charge is 0.369 e. The summed E-state index contributed by atoms with van der Waals surface area (Å²) in [6, 6.07) is 3.64. The van der Waals surface area contributed by atoms with E-state index < -0.39 is 17.2 Å². The summed E-state index contributed by atoms with van der Waals surface area (Å²) in [7, 11) is 0. The number of hydrogen-bond acceptors (Lipinski definition) is 3. The molecule has 5 heteroatoms. The summed E-state index contributed by atoms with van der Waals surface area (Å²) in [6.45, 7) is 0. The molecule has 0 bridgehead atoms. The van der Waals surface area contributed by atoms with Gasteiger partial charge in [0.2, 0.25) is 11.8 Å². The summed E-state index contributed by atoms with van der Waals surface area (Å²) in [6.07, 6.45) is 8.99. The van der Waals surface area contributed by atoms with Gasteiger partial charge in [0.25, 0.3) is 0 Å². The molecule has 0 spiro atoms. The Hall–Kier alpha value is -2.43. The Bertz CT molecular complexity index is 563. The Balaban J connectivity index is 2.31. The summed E-state index contributed by atoms with van der Waals surface area (Å²) in [5, 5.41) is 0. The van der Waals surface area contributed by atoms with Crippen molar-refractivity contribution < 1.29 is 9.59 Å². The Morgan fingerprint density at radius 2 is 1.95 bits per heavy atom. The highest BCUT2D eigenvalue weighted by atomic mass is 16.1. The molecule has 1 aromatic rings. The highest BCUT2D eigenvalue weighted by molar-refractivity contribution is 5.95. The van der Waals surface area contributed by atoms with Crippen LogP contribution in [0.2, 0.25) is 0 Å². The van der Waals surface area contributed by atoms with Gasteiger partial charge in [0.1, 0.15) is 0 Å². The summed E-state index contributed by atoms with van der Waals surface area (Å²) in [5.74, 6) is -0.989. The van der Waals surface area contributed by atoms with Gasteiger partial charge in [0, 0.05) is 18.0 Å². The molecule has 1 aliphatic rings. The molecule has 1 atom stereocenters. The first-order valence-corrected chi connectivity index (χ1v) is 5.90. The molecule has 2 rings (SSSR count). The van der Waals surface area contributed by atoms with E-state index in [-0.39, 0.29) is 6.42 Å². The molecule has 19 heavy (non-hydrogen) atoms. The van der Waals surface area contributed by atoms with Crippen LogP contribution in [0.4, 0.5) is 0 Å². The standard InChI is InChI=1S/C14H15N3O2/c15-12(18)11-2-1-5-14(9-11,13(16)19)8-10-3-6-17-7-4-10/h1-7H,8-9H2,(H2,15,18)(H2,16,19). The van der Waals surface area contributed by atoms with Gasteiger partial charge in [-0.3, -0.25) is 14.6 Å². The Morgan fingerprint density at radius 1 is 1.26 bits per heavy atom. The van der Waals surface area contributed by atoms with Gasteiger partial charge in [-0.15, -0.1) is 0 Å². The van der Waals surface area contributed by atoms with Crippen molar-refractivity contribution in [1.29, 1.82) is 0 Å². The van der Waals surface area contributed by atoms with Crippen LogP contribution in [0.3, 0.4) is 0 Å². The number of rotatable bonds is 4. The first-order valence-electron chi connectivity index (χ1n) is 5.90. The van der Waals surface area contributed by atoms with Crippen LogP contribution in [-0.4, -0.2) is 16.8 Å². The second kappa shape index (κ2) is 5.06. The van der Waals surface area contributed by atoms with Crippen LogP contribution in [-0.2, 0) is 16.0 Å². The quantitative estimate of drug-likeness (QED) is 0.820. The molecule has 0 fully saturated rings. The minimum atomic E-state index is -0.902. The molecule has 2 amide bonds. The zero-order valence-electron chi connectivity index (χ0n) is 10.4. The number of hydrogen-bond donors (Lipinski definition) is 2. The normalized spacial score (nSPS) is 21.8. The topological polar surface area (TPSA) is 99.1 Å². The average Bonchev–Trinajstić information content (AvgIpc) is 2.40. The molecule has 0 aromatic carbocycles. The lowest BCUT2D eigenvalue weighted by molar-refractivity contribution is -0.125. The molecule has 1 aromatic heterocycles. The lowest BCUT2D eigenvalue weighted by Crippen LogP contribution is -2.40. The fourth-order valence-electron chi connectivity index (χ4n) is 2.22. The molecule has 0 aliphatic heterocycles. The van der Waals surface area contributed by atoms with Crippen molar-refractivity contribution >= 4 is 11.8 Å². The lowest BCUT2D eigenvalue weighted by Gasteiger charge is -2.30. The van der Waals surface area contributed by atoms with Crippen LogP contribution in [0.1, 0.15) is 12.0 Å². The minimum Gasteiger partial charge on any atom is -0.369 e. The van der Waals surface area contributed by atoms with E-state index in [1.165, 1.54) is 0 Å². The molecular weight excluding hydrogens is 242 g/mol. The van der Waals surface area contributed by atoms with Crippen LogP contribution >= 0.6 is 0 Å². The number of nitrogens with two attached hydrogens (primary N) is 2. The number of carbonyl (C=O) groups is 2. The highest BCUT2D eigenvalue weighted by Crippen LogP contribution is 2.35. The van der Waals surface area contributed by atoms with E-state index in [1.807, 2.05) is 12.1 Å². The molecule has 1 aliphatic carbocycles. The van der Waals surface area contributed by atoms with Crippen LogP contribution < -0.4 is 11.5 Å². The molecule has 0 radical (unpaired) electrons. The third kappa shape index (κ3) is 2.70. The summed E-state index contributed by atoms with van der Waals surface area (Å²) < 4.78 is 0. The second-order valence-electron chi connectivity index (χ2n) is 4.64. The maximum Gasteiger partial charge on any atom is 0.244 e. The first-order chi connectivity index (χ1) is 9.03. The van der Waals surface area contributed by atoms with Crippen molar-refractivity contribution in [2.24, 2.45) is 16.9 Å². The van der Waals surface area contributed by atoms with Crippen molar-refractivity contribution in [3.63, 3.8) is 0 Å². The Labute approximate surface area is 111 Å². The molecule has 5 nitrogen and oxygen atoms in total. The molecule has 98 valence electrons. The lowest BCUT2D eigenvalue weighted by atomic mass is 9.73. The Morgan fingerprint density at radius 3 is 2.53 bits per heavy atom. The van der Waals surface area contributed by atoms with Crippen molar-refractivity contribution in [3.05, 3.63) is 53.9 Å².